The molecule has 1 aliphatic rings. The zero-order valence-corrected chi connectivity index (χ0v) is 12.5. The largest absolute Gasteiger partial charge is 0.367 e. The highest BCUT2D eigenvalue weighted by molar-refractivity contribution is 5.35. The zero-order chi connectivity index (χ0) is 14.7. The maximum absolute atomic E-state index is 5.28. The lowest BCUT2D eigenvalue weighted by Gasteiger charge is -2.31. The molecule has 2 aromatic rings. The Morgan fingerprint density at radius 1 is 1.19 bits per heavy atom. The van der Waals surface area contributed by atoms with Gasteiger partial charge in [-0.25, -0.2) is 9.97 Å². The molecule has 1 fully saturated rings. The lowest BCUT2D eigenvalue weighted by molar-refractivity contribution is 0.189. The minimum absolute atomic E-state index is 0.479. The molecule has 1 N–H and O–H groups in total. The second-order valence-electron chi connectivity index (χ2n) is 5.67. The van der Waals surface area contributed by atoms with E-state index in [4.69, 9.17) is 4.52 Å². The summed E-state index contributed by atoms with van der Waals surface area (Å²) in [4.78, 5) is 10.8. The maximum atomic E-state index is 5.28. The van der Waals surface area contributed by atoms with Crippen molar-refractivity contribution in [1.82, 2.24) is 20.0 Å². The van der Waals surface area contributed by atoms with Crippen LogP contribution in [0.2, 0.25) is 0 Å². The first-order valence-corrected chi connectivity index (χ1v) is 7.39. The predicted molar refractivity (Wildman–Crippen MR) is 79.9 cm³/mol. The summed E-state index contributed by atoms with van der Waals surface area (Å²) in [6, 6.07) is 4.48. The number of nitrogens with one attached hydrogen (secondary N) is 1. The number of piperidine rings is 1. The number of hydrogen-bond donors (Lipinski definition) is 1. The lowest BCUT2D eigenvalue weighted by atomic mass is 10.0. The molecule has 0 bridgehead atoms. The molecule has 0 unspecified atom stereocenters. The van der Waals surface area contributed by atoms with E-state index in [1.165, 1.54) is 0 Å². The average molecular weight is 287 g/mol. The van der Waals surface area contributed by atoms with Gasteiger partial charge >= 0.3 is 0 Å². The third kappa shape index (κ3) is 3.78. The Morgan fingerprint density at radius 2 is 2.00 bits per heavy atom. The predicted octanol–water partition coefficient (Wildman–Crippen LogP) is 2.16. The molecule has 112 valence electrons. The smallest absolute Gasteiger partial charge is 0.150 e. The van der Waals surface area contributed by atoms with Crippen molar-refractivity contribution in [2.24, 2.45) is 0 Å². The van der Waals surface area contributed by atoms with E-state index < -0.39 is 0 Å². The average Bonchev–Trinajstić information content (AvgIpc) is 2.86. The minimum atomic E-state index is 0.479. The normalized spacial score (nSPS) is 17.0. The van der Waals surface area contributed by atoms with E-state index in [-0.39, 0.29) is 0 Å². The number of anilines is 1. The van der Waals surface area contributed by atoms with Crippen LogP contribution in [-0.4, -0.2) is 39.2 Å². The van der Waals surface area contributed by atoms with E-state index in [1.54, 1.807) is 6.33 Å². The number of nitrogens with zero attached hydrogens (tertiary/aromatic N) is 4. The van der Waals surface area contributed by atoms with E-state index in [0.29, 0.717) is 6.04 Å². The fraction of sp³-hybridized carbons (Fsp3) is 0.533. The van der Waals surface area contributed by atoms with Gasteiger partial charge in [0.2, 0.25) is 0 Å². The van der Waals surface area contributed by atoms with E-state index in [9.17, 15) is 0 Å². The van der Waals surface area contributed by atoms with Crippen molar-refractivity contribution in [3.05, 3.63) is 35.6 Å². The lowest BCUT2D eigenvalue weighted by Crippen LogP contribution is -2.38. The molecule has 1 saturated heterocycles. The highest BCUT2D eigenvalue weighted by atomic mass is 16.5. The Bertz CT molecular complexity index is 589. The fourth-order valence-electron chi connectivity index (χ4n) is 2.69. The standard InChI is InChI=1S/C15H21N5O/c1-11-8-15(17-10-16-11)18-13-3-5-20(6-4-13)9-14-7-12(2)19-21-14/h7-8,10,13H,3-6,9H2,1-2H3,(H,16,17,18). The third-order valence-electron chi connectivity index (χ3n) is 3.80. The molecule has 0 amide bonds. The van der Waals surface area contributed by atoms with Gasteiger partial charge in [0.05, 0.1) is 12.2 Å². The molecule has 0 atom stereocenters. The van der Waals surface area contributed by atoms with Gasteiger partial charge in [0, 0.05) is 37.0 Å². The van der Waals surface area contributed by atoms with Crippen molar-refractivity contribution in [1.29, 1.82) is 0 Å². The first-order valence-electron chi connectivity index (χ1n) is 7.39. The summed E-state index contributed by atoms with van der Waals surface area (Å²) < 4.78 is 5.28. The first kappa shape index (κ1) is 14.0. The van der Waals surface area contributed by atoms with E-state index >= 15 is 0 Å². The molecule has 0 saturated carbocycles. The van der Waals surface area contributed by atoms with Crippen molar-refractivity contribution in [2.75, 3.05) is 18.4 Å². The van der Waals surface area contributed by atoms with Crippen LogP contribution in [-0.2, 0) is 6.54 Å². The Labute approximate surface area is 124 Å². The summed E-state index contributed by atoms with van der Waals surface area (Å²) in [5, 5.41) is 7.43. The van der Waals surface area contributed by atoms with E-state index in [2.05, 4.69) is 25.3 Å². The SMILES string of the molecule is Cc1cc(NC2CCN(Cc3cc(C)no3)CC2)ncn1. The Balaban J connectivity index is 1.48. The third-order valence-corrected chi connectivity index (χ3v) is 3.80. The molecule has 0 aliphatic carbocycles. The molecule has 1 aliphatic heterocycles. The van der Waals surface area contributed by atoms with Gasteiger partial charge in [0.1, 0.15) is 12.1 Å². The Kier molecular flexibility index (Phi) is 4.15. The van der Waals surface area contributed by atoms with Gasteiger partial charge in [-0.1, -0.05) is 5.16 Å². The van der Waals surface area contributed by atoms with Gasteiger partial charge < -0.3 is 9.84 Å². The van der Waals surface area contributed by atoms with Crippen molar-refractivity contribution >= 4 is 5.82 Å². The quantitative estimate of drug-likeness (QED) is 0.929. The van der Waals surface area contributed by atoms with E-state index in [1.807, 2.05) is 26.0 Å². The molecule has 0 spiro atoms. The minimum Gasteiger partial charge on any atom is -0.367 e. The summed E-state index contributed by atoms with van der Waals surface area (Å²) in [5.41, 5.74) is 1.94. The highest BCUT2D eigenvalue weighted by Crippen LogP contribution is 2.17. The molecule has 6 heteroatoms. The van der Waals surface area contributed by atoms with Gasteiger partial charge in [-0.2, -0.15) is 0 Å². The van der Waals surface area contributed by atoms with Crippen LogP contribution in [0, 0.1) is 13.8 Å². The second-order valence-corrected chi connectivity index (χ2v) is 5.67. The van der Waals surface area contributed by atoms with Crippen LogP contribution >= 0.6 is 0 Å². The molecule has 21 heavy (non-hydrogen) atoms. The van der Waals surface area contributed by atoms with Crippen LogP contribution in [0.3, 0.4) is 0 Å². The van der Waals surface area contributed by atoms with Crippen LogP contribution in [0.4, 0.5) is 5.82 Å². The fourth-order valence-corrected chi connectivity index (χ4v) is 2.69. The van der Waals surface area contributed by atoms with Crippen molar-refractivity contribution < 1.29 is 4.52 Å². The van der Waals surface area contributed by atoms with Gasteiger partial charge in [0.25, 0.3) is 0 Å². The summed E-state index contributed by atoms with van der Waals surface area (Å²) in [6.07, 6.45) is 3.82. The molecule has 0 radical (unpaired) electrons. The maximum Gasteiger partial charge on any atom is 0.150 e. The highest BCUT2D eigenvalue weighted by Gasteiger charge is 2.20. The van der Waals surface area contributed by atoms with Crippen LogP contribution in [0.5, 0.6) is 0 Å². The van der Waals surface area contributed by atoms with Crippen LogP contribution in [0.1, 0.15) is 30.0 Å². The first-order chi connectivity index (χ1) is 10.2. The van der Waals surface area contributed by atoms with Crippen molar-refractivity contribution in [3.63, 3.8) is 0 Å². The Hall–Kier alpha value is -1.95. The summed E-state index contributed by atoms with van der Waals surface area (Å²) in [6.45, 7) is 6.89. The number of rotatable bonds is 4. The number of hydrogen-bond acceptors (Lipinski definition) is 6. The molecule has 3 heterocycles. The zero-order valence-electron chi connectivity index (χ0n) is 12.5. The Morgan fingerprint density at radius 3 is 2.67 bits per heavy atom. The topological polar surface area (TPSA) is 67.1 Å². The molecule has 3 rings (SSSR count). The summed E-state index contributed by atoms with van der Waals surface area (Å²) in [7, 11) is 0. The molecular weight excluding hydrogens is 266 g/mol. The summed E-state index contributed by atoms with van der Waals surface area (Å²) >= 11 is 0. The van der Waals surface area contributed by atoms with Gasteiger partial charge in [-0.3, -0.25) is 4.90 Å². The van der Waals surface area contributed by atoms with Crippen LogP contribution in [0.25, 0.3) is 0 Å². The van der Waals surface area contributed by atoms with Crippen molar-refractivity contribution in [3.8, 4) is 0 Å². The van der Waals surface area contributed by atoms with Gasteiger partial charge in [-0.15, -0.1) is 0 Å². The molecular formula is C15H21N5O. The molecule has 6 nitrogen and oxygen atoms in total. The van der Waals surface area contributed by atoms with Crippen LogP contribution < -0.4 is 5.32 Å². The van der Waals surface area contributed by atoms with E-state index in [0.717, 1.165) is 55.4 Å². The van der Waals surface area contributed by atoms with Gasteiger partial charge in [-0.05, 0) is 26.7 Å². The van der Waals surface area contributed by atoms with Crippen LogP contribution in [0.15, 0.2) is 23.0 Å². The number of likely N-dealkylation sites (tertiary alicyclic amines) is 1. The van der Waals surface area contributed by atoms with Gasteiger partial charge in [0.15, 0.2) is 5.76 Å². The summed E-state index contributed by atoms with van der Waals surface area (Å²) in [5.74, 6) is 1.87. The second kappa shape index (κ2) is 6.22. The molecule has 0 aromatic carbocycles. The monoisotopic (exact) mass is 287 g/mol. The number of aryl methyl sites for hydroxylation is 2. The number of aromatic nitrogens is 3. The van der Waals surface area contributed by atoms with Crippen molar-refractivity contribution in [2.45, 2.75) is 39.3 Å². The molecule has 2 aromatic heterocycles.